The number of alkyl carbamates (subject to hydrolysis) is 1. The van der Waals surface area contributed by atoms with E-state index in [1.807, 2.05) is 68.4 Å². The molecule has 0 radical (unpaired) electrons. The molecule has 8 heteroatoms. The first-order valence-corrected chi connectivity index (χ1v) is 10.8. The number of nitrogens with one attached hydrogen (secondary N) is 2. The van der Waals surface area contributed by atoms with E-state index in [4.69, 9.17) is 14.0 Å². The molecular weight excluding hydrogens is 395 g/mol. The Bertz CT molecular complexity index is 799. The van der Waals surface area contributed by atoms with Crippen LogP contribution in [0.1, 0.15) is 78.2 Å². The summed E-state index contributed by atoms with van der Waals surface area (Å²) in [6.45, 7) is 18.2. The van der Waals surface area contributed by atoms with Gasteiger partial charge in [0, 0.05) is 18.7 Å². The summed E-state index contributed by atoms with van der Waals surface area (Å²) in [5, 5.41) is 5.69. The summed E-state index contributed by atoms with van der Waals surface area (Å²) in [6, 6.07) is 5.44. The van der Waals surface area contributed by atoms with Gasteiger partial charge in [-0.3, -0.25) is 4.79 Å². The first-order valence-electron chi connectivity index (χ1n) is 10.8. The summed E-state index contributed by atoms with van der Waals surface area (Å²) < 4.78 is 17.6. The van der Waals surface area contributed by atoms with Crippen molar-refractivity contribution in [2.75, 3.05) is 6.54 Å². The molecule has 1 aromatic rings. The summed E-state index contributed by atoms with van der Waals surface area (Å²) in [5.74, 6) is 0.161. The molecule has 1 heterocycles. The highest BCUT2D eigenvalue weighted by Gasteiger charge is 2.51. The molecule has 7 nitrogen and oxygen atoms in total. The number of hydrogen-bond donors (Lipinski definition) is 2. The first kappa shape index (κ1) is 25.2. The lowest BCUT2D eigenvalue weighted by molar-refractivity contribution is 0.00578. The van der Waals surface area contributed by atoms with Gasteiger partial charge in [0.25, 0.3) is 5.91 Å². The van der Waals surface area contributed by atoms with Crippen LogP contribution in [0.4, 0.5) is 4.79 Å². The Labute approximate surface area is 186 Å². The SMILES string of the molecule is CC(C)CNC(=O)c1cc(CNC(=O)OC(C)(C)C)cc(B2OC(C)(C)C(C)(C)O2)c1. The fourth-order valence-electron chi connectivity index (χ4n) is 2.95. The lowest BCUT2D eigenvalue weighted by atomic mass is 9.77. The van der Waals surface area contributed by atoms with E-state index >= 15 is 0 Å². The number of carbonyl (C=O) groups is 2. The standard InChI is InChI=1S/C23H37BN2O5/c1-15(2)13-25-19(27)17-10-16(14-26-20(28)29-21(3,4)5)11-18(12-17)24-30-22(6,7)23(8,9)31-24/h10-12,15H,13-14H2,1-9H3,(H,25,27)(H,26,28). The number of carbonyl (C=O) groups excluding carboxylic acids is 2. The van der Waals surface area contributed by atoms with Crippen LogP contribution in [0, 0.1) is 5.92 Å². The van der Waals surface area contributed by atoms with Crippen LogP contribution in [0.25, 0.3) is 0 Å². The van der Waals surface area contributed by atoms with E-state index in [2.05, 4.69) is 10.6 Å². The molecule has 31 heavy (non-hydrogen) atoms. The van der Waals surface area contributed by atoms with E-state index in [-0.39, 0.29) is 12.5 Å². The predicted molar refractivity (Wildman–Crippen MR) is 122 cm³/mol. The number of ether oxygens (including phenoxy) is 1. The van der Waals surface area contributed by atoms with Crippen molar-refractivity contribution in [2.24, 2.45) is 5.92 Å². The summed E-state index contributed by atoms with van der Waals surface area (Å²) in [5.41, 5.74) is 0.403. The van der Waals surface area contributed by atoms with E-state index in [0.29, 0.717) is 18.0 Å². The third-order valence-electron chi connectivity index (χ3n) is 5.31. The van der Waals surface area contributed by atoms with Crippen molar-refractivity contribution in [3.8, 4) is 0 Å². The molecule has 1 aliphatic rings. The van der Waals surface area contributed by atoms with Crippen molar-refractivity contribution in [1.29, 1.82) is 0 Å². The molecule has 1 aromatic carbocycles. The minimum atomic E-state index is -0.608. The van der Waals surface area contributed by atoms with Crippen molar-refractivity contribution < 1.29 is 23.6 Å². The molecule has 0 aliphatic carbocycles. The van der Waals surface area contributed by atoms with E-state index in [1.165, 1.54) is 0 Å². The molecule has 0 aromatic heterocycles. The normalized spacial score (nSPS) is 17.5. The van der Waals surface area contributed by atoms with Crippen LogP contribution >= 0.6 is 0 Å². The van der Waals surface area contributed by atoms with Crippen molar-refractivity contribution in [3.63, 3.8) is 0 Å². The molecule has 172 valence electrons. The zero-order valence-electron chi connectivity index (χ0n) is 20.3. The zero-order chi connectivity index (χ0) is 23.6. The van der Waals surface area contributed by atoms with E-state index in [9.17, 15) is 9.59 Å². The summed E-state index contributed by atoms with van der Waals surface area (Å²) in [4.78, 5) is 24.8. The predicted octanol–water partition coefficient (Wildman–Crippen LogP) is 3.40. The Morgan fingerprint density at radius 3 is 2.13 bits per heavy atom. The van der Waals surface area contributed by atoms with E-state index in [1.54, 1.807) is 12.1 Å². The summed E-state index contributed by atoms with van der Waals surface area (Å²) >= 11 is 0. The molecule has 0 unspecified atom stereocenters. The maximum atomic E-state index is 12.7. The van der Waals surface area contributed by atoms with Gasteiger partial charge in [0.2, 0.25) is 0 Å². The Morgan fingerprint density at radius 2 is 1.61 bits per heavy atom. The maximum Gasteiger partial charge on any atom is 0.494 e. The zero-order valence-corrected chi connectivity index (χ0v) is 20.3. The third-order valence-corrected chi connectivity index (χ3v) is 5.31. The average Bonchev–Trinajstić information content (AvgIpc) is 2.84. The second-order valence-corrected chi connectivity index (χ2v) is 10.5. The van der Waals surface area contributed by atoms with Gasteiger partial charge in [-0.15, -0.1) is 0 Å². The highest BCUT2D eigenvalue weighted by atomic mass is 16.7. The van der Waals surface area contributed by atoms with Crippen LogP contribution < -0.4 is 16.1 Å². The summed E-state index contributed by atoms with van der Waals surface area (Å²) in [6.07, 6.45) is -0.514. The third kappa shape index (κ3) is 6.97. The van der Waals surface area contributed by atoms with Gasteiger partial charge in [-0.25, -0.2) is 4.79 Å². The van der Waals surface area contributed by atoms with Crippen LogP contribution in [0.3, 0.4) is 0 Å². The molecule has 0 saturated carbocycles. The second kappa shape index (κ2) is 9.21. The lowest BCUT2D eigenvalue weighted by Gasteiger charge is -2.32. The fourth-order valence-corrected chi connectivity index (χ4v) is 2.95. The largest absolute Gasteiger partial charge is 0.494 e. The van der Waals surface area contributed by atoms with E-state index < -0.39 is 30.0 Å². The maximum absolute atomic E-state index is 12.7. The van der Waals surface area contributed by atoms with Gasteiger partial charge in [0.15, 0.2) is 0 Å². The average molecular weight is 432 g/mol. The number of hydrogen-bond acceptors (Lipinski definition) is 5. The topological polar surface area (TPSA) is 85.9 Å². The smallest absolute Gasteiger partial charge is 0.444 e. The second-order valence-electron chi connectivity index (χ2n) is 10.5. The fraction of sp³-hybridized carbons (Fsp3) is 0.652. The van der Waals surface area contributed by atoms with Gasteiger partial charge in [-0.1, -0.05) is 19.9 Å². The van der Waals surface area contributed by atoms with Crippen LogP contribution in [-0.4, -0.2) is 42.5 Å². The Balaban J connectivity index is 2.28. The van der Waals surface area contributed by atoms with E-state index in [0.717, 1.165) is 11.0 Å². The quantitative estimate of drug-likeness (QED) is 0.673. The molecular formula is C23H37BN2O5. The highest BCUT2D eigenvalue weighted by Crippen LogP contribution is 2.36. The summed E-state index contributed by atoms with van der Waals surface area (Å²) in [7, 11) is -0.608. The van der Waals surface area contributed by atoms with Gasteiger partial charge in [-0.2, -0.15) is 0 Å². The van der Waals surface area contributed by atoms with Gasteiger partial charge in [-0.05, 0) is 77.5 Å². The molecule has 0 bridgehead atoms. The highest BCUT2D eigenvalue weighted by molar-refractivity contribution is 6.62. The van der Waals surface area contributed by atoms with Crippen LogP contribution in [-0.2, 0) is 20.6 Å². The Hall–Kier alpha value is -2.06. The van der Waals surface area contributed by atoms with Crippen LogP contribution in [0.5, 0.6) is 0 Å². The van der Waals surface area contributed by atoms with Crippen LogP contribution in [0.15, 0.2) is 18.2 Å². The van der Waals surface area contributed by atoms with Gasteiger partial charge in [0.1, 0.15) is 5.60 Å². The number of amides is 2. The number of rotatable bonds is 6. The Morgan fingerprint density at radius 1 is 1.03 bits per heavy atom. The molecule has 1 aliphatic heterocycles. The lowest BCUT2D eigenvalue weighted by Crippen LogP contribution is -2.41. The minimum absolute atomic E-state index is 0.175. The van der Waals surface area contributed by atoms with Crippen LogP contribution in [0.2, 0.25) is 0 Å². The van der Waals surface area contributed by atoms with Crippen molar-refractivity contribution in [1.82, 2.24) is 10.6 Å². The molecule has 0 spiro atoms. The van der Waals surface area contributed by atoms with Gasteiger partial charge >= 0.3 is 13.2 Å². The molecule has 1 saturated heterocycles. The van der Waals surface area contributed by atoms with Crippen molar-refractivity contribution >= 4 is 24.6 Å². The molecule has 2 rings (SSSR count). The molecule has 2 amide bonds. The minimum Gasteiger partial charge on any atom is -0.444 e. The monoisotopic (exact) mass is 432 g/mol. The Kier molecular flexibility index (Phi) is 7.49. The van der Waals surface area contributed by atoms with Gasteiger partial charge < -0.3 is 24.7 Å². The van der Waals surface area contributed by atoms with Gasteiger partial charge in [0.05, 0.1) is 11.2 Å². The number of benzene rings is 1. The molecule has 2 N–H and O–H groups in total. The molecule has 0 atom stereocenters. The molecule has 1 fully saturated rings. The van der Waals surface area contributed by atoms with Crippen molar-refractivity contribution in [3.05, 3.63) is 29.3 Å². The van der Waals surface area contributed by atoms with Crippen molar-refractivity contribution in [2.45, 2.75) is 85.7 Å². The first-order chi connectivity index (χ1) is 14.1.